The van der Waals surface area contributed by atoms with E-state index in [2.05, 4.69) is 20.4 Å². The quantitative estimate of drug-likeness (QED) is 0.513. The van der Waals surface area contributed by atoms with Crippen LogP contribution in [-0.4, -0.2) is 37.7 Å². The van der Waals surface area contributed by atoms with Gasteiger partial charge in [0.05, 0.1) is 23.2 Å². The van der Waals surface area contributed by atoms with Crippen molar-refractivity contribution in [1.29, 1.82) is 0 Å². The molecule has 3 aliphatic rings. The van der Waals surface area contributed by atoms with Crippen molar-refractivity contribution in [1.82, 2.24) is 19.7 Å². The molecular formula is C24H21F4N5O3. The SMILES string of the molecule is O=C(Cn1nc(OC2CC3(C2)CC(F)(F)C3)c2cc(C3(F)CC3)ccc2c1=O)Nc1ncc(F)cn1. The van der Waals surface area contributed by atoms with Crippen molar-refractivity contribution in [2.24, 2.45) is 5.41 Å². The third-order valence-corrected chi connectivity index (χ3v) is 7.16. The maximum Gasteiger partial charge on any atom is 0.275 e. The lowest BCUT2D eigenvalue weighted by Crippen LogP contribution is -2.57. The molecule has 3 aromatic rings. The number of carbonyl (C=O) groups excluding carboxylic acids is 1. The summed E-state index contributed by atoms with van der Waals surface area (Å²) < 4.78 is 61.4. The molecule has 1 aromatic carbocycles. The normalized spacial score (nSPS) is 21.0. The highest BCUT2D eigenvalue weighted by Gasteiger charge is 2.62. The number of aromatic nitrogens is 4. The molecule has 6 rings (SSSR count). The van der Waals surface area contributed by atoms with Gasteiger partial charge in [-0.05, 0) is 48.8 Å². The van der Waals surface area contributed by atoms with E-state index in [1.165, 1.54) is 18.2 Å². The van der Waals surface area contributed by atoms with Crippen LogP contribution in [-0.2, 0) is 17.0 Å². The fourth-order valence-electron chi connectivity index (χ4n) is 5.29. The fraction of sp³-hybridized carbons (Fsp3) is 0.458. The van der Waals surface area contributed by atoms with E-state index < -0.39 is 40.8 Å². The topological polar surface area (TPSA) is 99.0 Å². The van der Waals surface area contributed by atoms with Gasteiger partial charge in [0.2, 0.25) is 23.7 Å². The molecule has 2 heterocycles. The van der Waals surface area contributed by atoms with Crippen molar-refractivity contribution in [3.8, 4) is 5.88 Å². The lowest BCUT2D eigenvalue weighted by atomic mass is 9.53. The number of benzene rings is 1. The molecule has 1 amide bonds. The Balaban J connectivity index is 1.29. The number of nitrogens with zero attached hydrogens (tertiary/aromatic N) is 4. The third kappa shape index (κ3) is 4.07. The fourth-order valence-corrected chi connectivity index (χ4v) is 5.29. The number of hydrogen-bond donors (Lipinski definition) is 1. The summed E-state index contributed by atoms with van der Waals surface area (Å²) in [6.07, 6.45) is 2.66. The molecule has 0 saturated heterocycles. The van der Waals surface area contributed by atoms with E-state index in [9.17, 15) is 27.2 Å². The van der Waals surface area contributed by atoms with Crippen molar-refractivity contribution in [3.05, 3.63) is 52.3 Å². The Hall–Kier alpha value is -3.57. The zero-order chi connectivity index (χ0) is 25.3. The van der Waals surface area contributed by atoms with Gasteiger partial charge in [-0.2, -0.15) is 0 Å². The van der Waals surface area contributed by atoms with E-state index in [1.54, 1.807) is 0 Å². The lowest BCUT2D eigenvalue weighted by Gasteiger charge is -2.56. The molecule has 2 aromatic heterocycles. The van der Waals surface area contributed by atoms with Crippen molar-refractivity contribution in [2.45, 2.75) is 62.8 Å². The van der Waals surface area contributed by atoms with Gasteiger partial charge in [0.15, 0.2) is 5.82 Å². The zero-order valence-electron chi connectivity index (χ0n) is 18.9. The molecular weight excluding hydrogens is 482 g/mol. The molecule has 0 radical (unpaired) electrons. The average molecular weight is 503 g/mol. The van der Waals surface area contributed by atoms with Gasteiger partial charge in [0, 0.05) is 12.8 Å². The van der Waals surface area contributed by atoms with Crippen molar-refractivity contribution in [3.63, 3.8) is 0 Å². The van der Waals surface area contributed by atoms with E-state index >= 15 is 0 Å². The number of alkyl halides is 3. The van der Waals surface area contributed by atoms with Crippen LogP contribution in [0.5, 0.6) is 5.88 Å². The molecule has 12 heteroatoms. The van der Waals surface area contributed by atoms with Crippen LogP contribution in [0.4, 0.5) is 23.5 Å². The first-order chi connectivity index (χ1) is 17.0. The summed E-state index contributed by atoms with van der Waals surface area (Å²) in [5, 5.41) is 7.08. The number of nitrogens with one attached hydrogen (secondary N) is 1. The van der Waals surface area contributed by atoms with Gasteiger partial charge in [-0.3, -0.25) is 14.9 Å². The monoisotopic (exact) mass is 503 g/mol. The maximum absolute atomic E-state index is 14.7. The third-order valence-electron chi connectivity index (χ3n) is 7.16. The maximum atomic E-state index is 14.7. The van der Waals surface area contributed by atoms with Crippen molar-refractivity contribution in [2.75, 3.05) is 5.32 Å². The minimum Gasteiger partial charge on any atom is -0.473 e. The molecule has 3 aliphatic carbocycles. The van der Waals surface area contributed by atoms with Crippen LogP contribution >= 0.6 is 0 Å². The molecule has 3 fully saturated rings. The number of halogens is 4. The first-order valence-corrected chi connectivity index (χ1v) is 11.6. The molecule has 3 saturated carbocycles. The first-order valence-electron chi connectivity index (χ1n) is 11.6. The Bertz CT molecular complexity index is 1420. The Kier molecular flexibility index (Phi) is 4.90. The van der Waals surface area contributed by atoms with Crippen LogP contribution in [0.3, 0.4) is 0 Å². The van der Waals surface area contributed by atoms with E-state index in [0.29, 0.717) is 36.6 Å². The van der Waals surface area contributed by atoms with Crippen LogP contribution in [0.15, 0.2) is 35.4 Å². The second-order valence-electron chi connectivity index (χ2n) is 10.1. The first kappa shape index (κ1) is 22.9. The largest absolute Gasteiger partial charge is 0.473 e. The summed E-state index contributed by atoms with van der Waals surface area (Å²) in [4.78, 5) is 32.9. The van der Waals surface area contributed by atoms with Gasteiger partial charge in [-0.1, -0.05) is 6.07 Å². The summed E-state index contributed by atoms with van der Waals surface area (Å²) in [6.45, 7) is -0.512. The number of ether oxygens (including phenoxy) is 1. The minimum absolute atomic E-state index is 0.0347. The predicted molar refractivity (Wildman–Crippen MR) is 119 cm³/mol. The van der Waals surface area contributed by atoms with E-state index in [0.717, 1.165) is 17.1 Å². The Morgan fingerprint density at radius 1 is 1.11 bits per heavy atom. The van der Waals surface area contributed by atoms with Crippen LogP contribution in [0.1, 0.15) is 44.1 Å². The van der Waals surface area contributed by atoms with Crippen molar-refractivity contribution >= 4 is 22.6 Å². The molecule has 1 spiro atoms. The van der Waals surface area contributed by atoms with Gasteiger partial charge in [0.1, 0.15) is 18.3 Å². The van der Waals surface area contributed by atoms with Gasteiger partial charge in [-0.15, -0.1) is 5.10 Å². The van der Waals surface area contributed by atoms with Crippen LogP contribution in [0, 0.1) is 11.2 Å². The molecule has 0 atom stereocenters. The smallest absolute Gasteiger partial charge is 0.275 e. The summed E-state index contributed by atoms with van der Waals surface area (Å²) in [5.41, 5.74) is -2.07. The van der Waals surface area contributed by atoms with Gasteiger partial charge >= 0.3 is 0 Å². The Labute approximate surface area is 201 Å². The van der Waals surface area contributed by atoms with Crippen molar-refractivity contribution < 1.29 is 27.1 Å². The van der Waals surface area contributed by atoms with Crippen LogP contribution in [0.25, 0.3) is 10.8 Å². The Morgan fingerprint density at radius 3 is 2.44 bits per heavy atom. The number of carbonyl (C=O) groups is 1. The number of hydrogen-bond acceptors (Lipinski definition) is 6. The predicted octanol–water partition coefficient (Wildman–Crippen LogP) is 3.88. The summed E-state index contributed by atoms with van der Waals surface area (Å²) in [7, 11) is 0. The molecule has 0 bridgehead atoms. The molecule has 8 nitrogen and oxygen atoms in total. The van der Waals surface area contributed by atoms with E-state index in [-0.39, 0.29) is 36.2 Å². The standard InChI is InChI=1S/C24H21F4N5O3/c25-14-8-29-21(30-9-14)31-18(34)10-33-20(35)16-2-1-13(23(26)3-4-23)5-17(16)19(32-33)36-15-6-22(7-15)11-24(27,28)12-22/h1-2,5,8-9,15H,3-4,6-7,10-12H2,(H,29,30,31,34). The zero-order valence-corrected chi connectivity index (χ0v) is 18.9. The summed E-state index contributed by atoms with van der Waals surface area (Å²) >= 11 is 0. The highest BCUT2D eigenvalue weighted by atomic mass is 19.3. The van der Waals surface area contributed by atoms with Crippen LogP contribution in [0.2, 0.25) is 0 Å². The molecule has 0 unspecified atom stereocenters. The van der Waals surface area contributed by atoms with Gasteiger partial charge in [0.25, 0.3) is 5.56 Å². The minimum atomic E-state index is -2.64. The highest BCUT2D eigenvalue weighted by Crippen LogP contribution is 2.63. The number of fused-ring (bicyclic) bond motifs is 1. The van der Waals surface area contributed by atoms with Gasteiger partial charge in [-0.25, -0.2) is 32.2 Å². The van der Waals surface area contributed by atoms with E-state index in [4.69, 9.17) is 4.74 Å². The second kappa shape index (κ2) is 7.71. The van der Waals surface area contributed by atoms with E-state index in [1.807, 2.05) is 0 Å². The van der Waals surface area contributed by atoms with Crippen LogP contribution < -0.4 is 15.6 Å². The summed E-state index contributed by atoms with van der Waals surface area (Å²) in [6, 6.07) is 4.55. The number of anilines is 1. The average Bonchev–Trinajstić information content (AvgIpc) is 3.54. The van der Waals surface area contributed by atoms with Gasteiger partial charge < -0.3 is 4.74 Å². The lowest BCUT2D eigenvalue weighted by molar-refractivity contribution is -0.215. The molecule has 36 heavy (non-hydrogen) atoms. The highest BCUT2D eigenvalue weighted by molar-refractivity contribution is 5.90. The molecule has 1 N–H and O–H groups in total. The summed E-state index contributed by atoms with van der Waals surface area (Å²) in [5.74, 6) is -4.11. The molecule has 188 valence electrons. The molecule has 0 aliphatic heterocycles. The Morgan fingerprint density at radius 2 is 1.81 bits per heavy atom. The number of rotatable bonds is 6. The second-order valence-corrected chi connectivity index (χ2v) is 10.1. The number of amides is 1.